The summed E-state index contributed by atoms with van der Waals surface area (Å²) in [4.78, 5) is 81.1. The van der Waals surface area contributed by atoms with Gasteiger partial charge in [-0.3, -0.25) is 24.1 Å². The van der Waals surface area contributed by atoms with E-state index in [1.807, 2.05) is 0 Å². The number of hydrogen-bond donors (Lipinski definition) is 9. The van der Waals surface area contributed by atoms with Crippen LogP contribution in [-0.4, -0.2) is 163 Å². The van der Waals surface area contributed by atoms with E-state index in [-0.39, 0.29) is 18.1 Å². The first-order valence-corrected chi connectivity index (χ1v) is 19.8. The number of imide groups is 1. The van der Waals surface area contributed by atoms with E-state index in [1.54, 1.807) is 60.7 Å². The molecule has 2 aliphatic rings. The summed E-state index contributed by atoms with van der Waals surface area (Å²) in [6, 6.07) is 7.96. The third kappa shape index (κ3) is 12.4. The van der Waals surface area contributed by atoms with E-state index in [0.717, 1.165) is 20.8 Å². The Hall–Kier alpha value is -4.94. The minimum absolute atomic E-state index is 0.139. The lowest BCUT2D eigenvalue weighted by atomic mass is 9.74. The summed E-state index contributed by atoms with van der Waals surface area (Å²) in [6.45, 7) is 0.215. The normalized spacial score (nSPS) is 28.8. The maximum absolute atomic E-state index is 15.1. The Kier molecular flexibility index (Phi) is 17.8. The van der Waals surface area contributed by atoms with Gasteiger partial charge in [-0.2, -0.15) is 0 Å². The quantitative estimate of drug-likeness (QED) is 0.0645. The molecular formula is C41H56N4O17. The summed E-state index contributed by atoms with van der Waals surface area (Å²) >= 11 is 0. The second kappa shape index (κ2) is 22.9. The van der Waals surface area contributed by atoms with Crippen molar-refractivity contribution in [3.63, 3.8) is 0 Å². The standard InChI is InChI=1S/C41H56N4O17/c1-20(40(55)56)60-38-31(43)37(62-27(17-47)34(38)52)29(36-30(42)35(53)33(51)26(16-46)61-36)32(45(21(2)48)22(3)49)39(54)44-25(41(57)59-19-24-12-8-5-9-13-24)14-15-28(50)58-18-23-10-6-4-7-11-23/h4-13,20,25-27,29-38,46-47,51-53H,14-19,42-43H2,1-3H3,(H,44,54)(H,55,56)/t20-,25+,26-,27-,29?,30-,31+,32+,33-,34-,35-,36?,37?,38-/m1/s1/i32D. The number of benzene rings is 2. The number of nitrogens with zero attached hydrogens (tertiary/aromatic N) is 1. The molecule has 2 heterocycles. The molecule has 0 aromatic heterocycles. The molecule has 0 bridgehead atoms. The topological polar surface area (TPSA) is 337 Å². The van der Waals surface area contributed by atoms with E-state index in [4.69, 9.17) is 35.2 Å². The first kappa shape index (κ1) is 48.1. The fourth-order valence-electron chi connectivity index (χ4n) is 7.27. The Morgan fingerprint density at radius 3 is 1.79 bits per heavy atom. The molecule has 0 radical (unpaired) electrons. The average Bonchev–Trinajstić information content (AvgIpc) is 3.25. The summed E-state index contributed by atoms with van der Waals surface area (Å²) in [7, 11) is 0. The van der Waals surface area contributed by atoms with Crippen molar-refractivity contribution in [2.75, 3.05) is 13.2 Å². The molecule has 0 saturated carbocycles. The summed E-state index contributed by atoms with van der Waals surface area (Å²) < 4.78 is 38.5. The van der Waals surface area contributed by atoms with Crippen LogP contribution < -0.4 is 16.8 Å². The summed E-state index contributed by atoms with van der Waals surface area (Å²) in [5, 5.41) is 65.6. The molecule has 0 aliphatic carbocycles. The zero-order valence-electron chi connectivity index (χ0n) is 35.3. The number of nitrogens with two attached hydrogens (primary N) is 2. The number of carboxylic acids is 1. The van der Waals surface area contributed by atoms with Crippen LogP contribution in [0.25, 0.3) is 0 Å². The zero-order valence-corrected chi connectivity index (χ0v) is 34.3. The number of nitrogens with one attached hydrogen (secondary N) is 1. The molecule has 21 nitrogen and oxygen atoms in total. The molecule has 21 heteroatoms. The lowest BCUT2D eigenvalue weighted by Gasteiger charge is -2.52. The molecule has 14 atom stereocenters. The first-order valence-electron chi connectivity index (χ1n) is 20.3. The van der Waals surface area contributed by atoms with Crippen LogP contribution in [0.1, 0.15) is 46.1 Å². The van der Waals surface area contributed by atoms with Gasteiger partial charge in [0, 0.05) is 26.2 Å². The average molecular weight is 878 g/mol. The number of carboxylic acid groups (broad SMARTS) is 1. The lowest BCUT2D eigenvalue weighted by molar-refractivity contribution is -0.256. The van der Waals surface area contributed by atoms with Crippen LogP contribution >= 0.6 is 0 Å². The summed E-state index contributed by atoms with van der Waals surface area (Å²) in [5.41, 5.74) is 14.2. The monoisotopic (exact) mass is 877 g/mol. The maximum Gasteiger partial charge on any atom is 0.332 e. The number of carbonyl (C=O) groups is 6. The molecule has 2 aromatic rings. The van der Waals surface area contributed by atoms with Crippen molar-refractivity contribution >= 4 is 35.6 Å². The van der Waals surface area contributed by atoms with Crippen LogP contribution in [0.4, 0.5) is 0 Å². The second-order valence-electron chi connectivity index (χ2n) is 14.9. The van der Waals surface area contributed by atoms with Crippen molar-refractivity contribution in [2.45, 2.75) is 126 Å². The summed E-state index contributed by atoms with van der Waals surface area (Å²) in [6.07, 6.45) is -17.8. The van der Waals surface area contributed by atoms with Crippen molar-refractivity contribution in [1.29, 1.82) is 0 Å². The highest BCUT2D eigenvalue weighted by Gasteiger charge is 2.58. The SMILES string of the molecule is [2H][C@@](C(=O)N[C@@H](CCC(=O)OCc1ccccc1)C(=O)OCc1ccccc1)(C(C1O[C@H](CO)[C@@H](O)[C@H](O)[C@H]1N)C1O[C@H](CO)[C@@H](O)[C@H](O[C@H](C)C(=O)O)[C@H]1N)N(C(C)=O)C(C)=O. The number of hydrogen-bond acceptors (Lipinski definition) is 18. The van der Waals surface area contributed by atoms with Gasteiger partial charge in [0.2, 0.25) is 17.7 Å². The number of amides is 3. The minimum atomic E-state index is -3.46. The van der Waals surface area contributed by atoms with Crippen LogP contribution in [0.5, 0.6) is 0 Å². The van der Waals surface area contributed by atoms with Crippen molar-refractivity contribution in [1.82, 2.24) is 10.2 Å². The van der Waals surface area contributed by atoms with Crippen LogP contribution in [-0.2, 0) is 65.7 Å². The third-order valence-corrected chi connectivity index (χ3v) is 10.5. The van der Waals surface area contributed by atoms with Gasteiger partial charge in [-0.25, -0.2) is 9.59 Å². The minimum Gasteiger partial charge on any atom is -0.479 e. The number of aliphatic carboxylic acids is 1. The Bertz CT molecular complexity index is 1870. The predicted octanol–water partition coefficient (Wildman–Crippen LogP) is -2.77. The maximum atomic E-state index is 15.1. The molecule has 2 aromatic carbocycles. The highest BCUT2D eigenvalue weighted by molar-refractivity contribution is 6.00. The molecule has 2 aliphatic heterocycles. The molecule has 2 saturated heterocycles. The Morgan fingerprint density at radius 2 is 1.29 bits per heavy atom. The van der Waals surface area contributed by atoms with Gasteiger partial charge < -0.3 is 71.1 Å². The molecule has 3 unspecified atom stereocenters. The number of aliphatic hydroxyl groups is 5. The predicted molar refractivity (Wildman–Crippen MR) is 212 cm³/mol. The second-order valence-corrected chi connectivity index (χ2v) is 14.9. The van der Waals surface area contributed by atoms with Crippen LogP contribution in [0, 0.1) is 5.92 Å². The van der Waals surface area contributed by atoms with Crippen LogP contribution in [0.2, 0.25) is 0 Å². The van der Waals surface area contributed by atoms with E-state index in [0.29, 0.717) is 11.1 Å². The molecule has 0 spiro atoms. The van der Waals surface area contributed by atoms with Gasteiger partial charge in [-0.05, 0) is 24.5 Å². The highest BCUT2D eigenvalue weighted by Crippen LogP contribution is 2.37. The highest BCUT2D eigenvalue weighted by atomic mass is 16.6. The fraction of sp³-hybridized carbons (Fsp3) is 0.561. The molecular weight excluding hydrogens is 820 g/mol. The molecule has 3 amide bonds. The zero-order chi connectivity index (χ0) is 46.8. The van der Waals surface area contributed by atoms with Crippen LogP contribution in [0.3, 0.4) is 0 Å². The Balaban J connectivity index is 1.87. The largest absolute Gasteiger partial charge is 0.479 e. The van der Waals surface area contributed by atoms with Crippen molar-refractivity contribution < 1.29 is 84.5 Å². The molecule has 11 N–H and O–H groups in total. The molecule has 2 fully saturated rings. The lowest BCUT2D eigenvalue weighted by Crippen LogP contribution is -2.74. The number of carbonyl (C=O) groups excluding carboxylic acids is 5. The smallest absolute Gasteiger partial charge is 0.332 e. The van der Waals surface area contributed by atoms with E-state index >= 15 is 4.79 Å². The molecule has 342 valence electrons. The van der Waals surface area contributed by atoms with Crippen molar-refractivity contribution in [3.8, 4) is 0 Å². The van der Waals surface area contributed by atoms with Gasteiger partial charge >= 0.3 is 17.9 Å². The summed E-state index contributed by atoms with van der Waals surface area (Å²) in [5.74, 6) is -9.93. The van der Waals surface area contributed by atoms with Gasteiger partial charge in [0.05, 0.1) is 38.9 Å². The molecule has 4 rings (SSSR count). The first-order chi connectivity index (χ1) is 29.8. The number of aliphatic hydroxyl groups excluding tert-OH is 5. The van der Waals surface area contributed by atoms with E-state index < -0.39 is 147 Å². The number of ether oxygens (including phenoxy) is 5. The van der Waals surface area contributed by atoms with Crippen LogP contribution in [0.15, 0.2) is 60.7 Å². The number of esters is 2. The van der Waals surface area contributed by atoms with E-state index in [1.165, 1.54) is 0 Å². The Labute approximate surface area is 358 Å². The van der Waals surface area contributed by atoms with Gasteiger partial charge in [0.1, 0.15) is 61.9 Å². The van der Waals surface area contributed by atoms with Gasteiger partial charge in [-0.1, -0.05) is 60.7 Å². The van der Waals surface area contributed by atoms with Gasteiger partial charge in [0.25, 0.3) is 0 Å². The fourth-order valence-corrected chi connectivity index (χ4v) is 7.27. The number of rotatable bonds is 19. The van der Waals surface area contributed by atoms with E-state index in [2.05, 4.69) is 5.32 Å². The third-order valence-electron chi connectivity index (χ3n) is 10.5. The van der Waals surface area contributed by atoms with Gasteiger partial charge in [0.15, 0.2) is 6.10 Å². The van der Waals surface area contributed by atoms with E-state index in [9.17, 15) is 56.0 Å². The Morgan fingerprint density at radius 1 is 0.790 bits per heavy atom. The van der Waals surface area contributed by atoms with Gasteiger partial charge in [-0.15, -0.1) is 0 Å². The van der Waals surface area contributed by atoms with Crippen molar-refractivity contribution in [2.24, 2.45) is 17.4 Å². The molecule has 62 heavy (non-hydrogen) atoms. The van der Waals surface area contributed by atoms with Crippen molar-refractivity contribution in [3.05, 3.63) is 71.8 Å².